The zero-order valence-electron chi connectivity index (χ0n) is 19.3. The third-order valence-corrected chi connectivity index (χ3v) is 6.69. The second kappa shape index (κ2) is 9.60. The zero-order valence-corrected chi connectivity index (χ0v) is 20.1. The SMILES string of the molecule is CN(C)c1nc(N[C@H]2CC[C@@H](NCc3coc4ccc(Cl)cc4c3=O)CC2)nc2ccccc12. The van der Waals surface area contributed by atoms with Gasteiger partial charge in [0.25, 0.3) is 0 Å². The number of halogens is 1. The zero-order chi connectivity index (χ0) is 23.7. The van der Waals surface area contributed by atoms with E-state index in [-0.39, 0.29) is 5.43 Å². The van der Waals surface area contributed by atoms with E-state index in [2.05, 4.69) is 16.7 Å². The Morgan fingerprint density at radius 1 is 1.03 bits per heavy atom. The first-order chi connectivity index (χ1) is 16.5. The Balaban J connectivity index is 1.20. The molecule has 34 heavy (non-hydrogen) atoms. The van der Waals surface area contributed by atoms with E-state index < -0.39 is 0 Å². The van der Waals surface area contributed by atoms with Crippen molar-refractivity contribution in [3.8, 4) is 0 Å². The number of para-hydroxylation sites is 1. The first-order valence-corrected chi connectivity index (χ1v) is 12.0. The molecule has 1 aliphatic carbocycles. The van der Waals surface area contributed by atoms with Gasteiger partial charge in [-0.1, -0.05) is 23.7 Å². The summed E-state index contributed by atoms with van der Waals surface area (Å²) in [6, 6.07) is 13.9. The van der Waals surface area contributed by atoms with Crippen LogP contribution in [0, 0.1) is 0 Å². The molecule has 5 rings (SSSR count). The Hall–Kier alpha value is -3.16. The van der Waals surface area contributed by atoms with Gasteiger partial charge in [-0.05, 0) is 56.0 Å². The molecule has 2 aromatic heterocycles. The molecule has 4 aromatic rings. The van der Waals surface area contributed by atoms with Gasteiger partial charge < -0.3 is 20.0 Å². The lowest BCUT2D eigenvalue weighted by molar-refractivity contribution is 0.351. The average molecular weight is 478 g/mol. The Labute approximate surface area is 203 Å². The van der Waals surface area contributed by atoms with Crippen molar-refractivity contribution in [2.75, 3.05) is 24.3 Å². The summed E-state index contributed by atoms with van der Waals surface area (Å²) in [7, 11) is 4.00. The van der Waals surface area contributed by atoms with Crippen LogP contribution in [-0.2, 0) is 6.54 Å². The van der Waals surface area contributed by atoms with Gasteiger partial charge in [-0.3, -0.25) is 4.79 Å². The molecule has 8 heteroatoms. The number of fused-ring (bicyclic) bond motifs is 2. The molecule has 2 aromatic carbocycles. The minimum absolute atomic E-state index is 0.0308. The monoisotopic (exact) mass is 477 g/mol. The van der Waals surface area contributed by atoms with Crippen LogP contribution in [0.25, 0.3) is 21.9 Å². The number of hydrogen-bond donors (Lipinski definition) is 2. The largest absolute Gasteiger partial charge is 0.464 e. The smallest absolute Gasteiger partial charge is 0.225 e. The van der Waals surface area contributed by atoms with Crippen LogP contribution in [0.5, 0.6) is 0 Å². The number of nitrogens with one attached hydrogen (secondary N) is 2. The highest BCUT2D eigenvalue weighted by molar-refractivity contribution is 6.31. The maximum atomic E-state index is 12.8. The molecule has 7 nitrogen and oxygen atoms in total. The van der Waals surface area contributed by atoms with Gasteiger partial charge in [-0.15, -0.1) is 0 Å². The Morgan fingerprint density at radius 2 is 1.79 bits per heavy atom. The minimum Gasteiger partial charge on any atom is -0.464 e. The van der Waals surface area contributed by atoms with E-state index in [0.717, 1.165) is 42.4 Å². The van der Waals surface area contributed by atoms with E-state index in [0.29, 0.717) is 46.1 Å². The Morgan fingerprint density at radius 3 is 2.59 bits per heavy atom. The van der Waals surface area contributed by atoms with E-state index >= 15 is 0 Å². The number of rotatable bonds is 6. The maximum Gasteiger partial charge on any atom is 0.225 e. The standard InChI is InChI=1S/C26H28ClN5O2/c1-32(2)25-20-5-3-4-6-22(20)30-26(31-25)29-19-10-8-18(9-11-19)28-14-16-15-34-23-12-7-17(27)13-21(23)24(16)33/h3-7,12-13,15,18-19,28H,8-11,14H2,1-2H3,(H,29,30,31)/t18-,19+. The number of aromatic nitrogens is 2. The summed E-state index contributed by atoms with van der Waals surface area (Å²) >= 11 is 6.05. The van der Waals surface area contributed by atoms with E-state index in [1.54, 1.807) is 24.5 Å². The molecule has 0 bridgehead atoms. The van der Waals surface area contributed by atoms with E-state index in [1.807, 2.05) is 37.2 Å². The molecule has 0 amide bonds. The summed E-state index contributed by atoms with van der Waals surface area (Å²) in [4.78, 5) is 24.3. The average Bonchev–Trinajstić information content (AvgIpc) is 2.84. The summed E-state index contributed by atoms with van der Waals surface area (Å²) in [6.45, 7) is 0.480. The fraction of sp³-hybridized carbons (Fsp3) is 0.346. The topological polar surface area (TPSA) is 83.3 Å². The predicted octanol–water partition coefficient (Wildman–Crippen LogP) is 4.97. The lowest BCUT2D eigenvalue weighted by Crippen LogP contribution is -2.37. The molecule has 2 heterocycles. The molecule has 0 unspecified atom stereocenters. The van der Waals surface area contributed by atoms with Crippen molar-refractivity contribution < 1.29 is 4.42 Å². The molecule has 1 saturated carbocycles. The fourth-order valence-electron chi connectivity index (χ4n) is 4.61. The minimum atomic E-state index is -0.0308. The van der Waals surface area contributed by atoms with Crippen LogP contribution in [0.3, 0.4) is 0 Å². The van der Waals surface area contributed by atoms with Crippen molar-refractivity contribution in [2.24, 2.45) is 0 Å². The summed E-state index contributed by atoms with van der Waals surface area (Å²) in [5.41, 5.74) is 2.08. The molecule has 0 radical (unpaired) electrons. The van der Waals surface area contributed by atoms with Crippen molar-refractivity contribution in [1.29, 1.82) is 0 Å². The van der Waals surface area contributed by atoms with Gasteiger partial charge in [0.15, 0.2) is 5.43 Å². The van der Waals surface area contributed by atoms with Crippen LogP contribution in [0.2, 0.25) is 5.02 Å². The molecular weight excluding hydrogens is 450 g/mol. The highest BCUT2D eigenvalue weighted by Gasteiger charge is 2.22. The predicted molar refractivity (Wildman–Crippen MR) is 138 cm³/mol. The lowest BCUT2D eigenvalue weighted by atomic mass is 9.91. The number of hydrogen-bond acceptors (Lipinski definition) is 7. The molecule has 1 aliphatic rings. The Kier molecular flexibility index (Phi) is 6.39. The van der Waals surface area contributed by atoms with Crippen molar-refractivity contribution in [3.63, 3.8) is 0 Å². The van der Waals surface area contributed by atoms with Crippen LogP contribution in [0.1, 0.15) is 31.2 Å². The second-order valence-corrected chi connectivity index (χ2v) is 9.52. The number of anilines is 2. The van der Waals surface area contributed by atoms with Gasteiger partial charge in [-0.2, -0.15) is 4.98 Å². The fourth-order valence-corrected chi connectivity index (χ4v) is 4.78. The molecule has 0 spiro atoms. The Bertz CT molecular complexity index is 1380. The van der Waals surface area contributed by atoms with Crippen molar-refractivity contribution in [3.05, 3.63) is 69.5 Å². The van der Waals surface area contributed by atoms with Crippen LogP contribution < -0.4 is 21.0 Å². The van der Waals surface area contributed by atoms with Gasteiger partial charge >= 0.3 is 0 Å². The second-order valence-electron chi connectivity index (χ2n) is 9.09. The van der Waals surface area contributed by atoms with Gasteiger partial charge in [-0.25, -0.2) is 4.98 Å². The van der Waals surface area contributed by atoms with E-state index in [1.165, 1.54) is 0 Å². The molecular formula is C26H28ClN5O2. The molecule has 2 N–H and O–H groups in total. The van der Waals surface area contributed by atoms with E-state index in [9.17, 15) is 4.79 Å². The summed E-state index contributed by atoms with van der Waals surface area (Å²) in [5, 5.41) is 9.17. The van der Waals surface area contributed by atoms with Gasteiger partial charge in [0, 0.05) is 48.7 Å². The van der Waals surface area contributed by atoms with Gasteiger partial charge in [0.2, 0.25) is 5.95 Å². The summed E-state index contributed by atoms with van der Waals surface area (Å²) in [5.74, 6) is 1.59. The van der Waals surface area contributed by atoms with Crippen LogP contribution in [0.4, 0.5) is 11.8 Å². The first kappa shape index (κ1) is 22.6. The van der Waals surface area contributed by atoms with Gasteiger partial charge in [0.05, 0.1) is 17.2 Å². The molecule has 0 atom stereocenters. The molecule has 0 saturated heterocycles. The van der Waals surface area contributed by atoms with Crippen LogP contribution in [-0.4, -0.2) is 36.1 Å². The maximum absolute atomic E-state index is 12.8. The molecule has 176 valence electrons. The molecule has 1 fully saturated rings. The quantitative estimate of drug-likeness (QED) is 0.405. The third-order valence-electron chi connectivity index (χ3n) is 6.45. The van der Waals surface area contributed by atoms with Crippen molar-refractivity contribution in [1.82, 2.24) is 15.3 Å². The van der Waals surface area contributed by atoms with Crippen molar-refractivity contribution in [2.45, 2.75) is 44.3 Å². The number of nitrogens with zero attached hydrogens (tertiary/aromatic N) is 3. The van der Waals surface area contributed by atoms with Crippen molar-refractivity contribution >= 4 is 45.2 Å². The van der Waals surface area contributed by atoms with Crippen LogP contribution in [0.15, 0.2) is 57.9 Å². The number of benzene rings is 2. The molecule has 0 aliphatic heterocycles. The van der Waals surface area contributed by atoms with E-state index in [4.69, 9.17) is 26.0 Å². The van der Waals surface area contributed by atoms with Crippen LogP contribution >= 0.6 is 11.6 Å². The first-order valence-electron chi connectivity index (χ1n) is 11.6. The lowest BCUT2D eigenvalue weighted by Gasteiger charge is -2.30. The summed E-state index contributed by atoms with van der Waals surface area (Å²) < 4.78 is 5.63. The summed E-state index contributed by atoms with van der Waals surface area (Å²) in [6.07, 6.45) is 5.59. The van der Waals surface area contributed by atoms with Gasteiger partial charge in [0.1, 0.15) is 11.4 Å². The third kappa shape index (κ3) is 4.72. The highest BCUT2D eigenvalue weighted by Crippen LogP contribution is 2.26. The normalized spacial score (nSPS) is 18.3. The highest BCUT2D eigenvalue weighted by atomic mass is 35.5.